The third-order valence-corrected chi connectivity index (χ3v) is 5.72. The summed E-state index contributed by atoms with van der Waals surface area (Å²) >= 11 is 2.13. The van der Waals surface area contributed by atoms with Gasteiger partial charge >= 0.3 is 0 Å². The first kappa shape index (κ1) is 20.4. The molecule has 1 fully saturated rings. The van der Waals surface area contributed by atoms with Crippen LogP contribution in [0.1, 0.15) is 23.2 Å². The number of para-hydroxylation sites is 1. The fraction of sp³-hybridized carbons (Fsp3) is 0.333. The van der Waals surface area contributed by atoms with Crippen LogP contribution >= 0.6 is 22.6 Å². The van der Waals surface area contributed by atoms with E-state index in [1.165, 1.54) is 0 Å². The molecule has 0 aromatic heterocycles. The third kappa shape index (κ3) is 4.57. The summed E-state index contributed by atoms with van der Waals surface area (Å²) in [5.41, 5.74) is 1.33. The maximum atomic E-state index is 13.1. The topological polar surface area (TPSA) is 67.9 Å². The lowest BCUT2D eigenvalue weighted by Crippen LogP contribution is -2.44. The molecule has 1 aliphatic rings. The van der Waals surface area contributed by atoms with Crippen molar-refractivity contribution in [3.05, 3.63) is 51.6 Å². The predicted octanol–water partition coefficient (Wildman–Crippen LogP) is 3.80. The second-order valence-electron chi connectivity index (χ2n) is 6.63. The van der Waals surface area contributed by atoms with E-state index in [-0.39, 0.29) is 17.7 Å². The minimum Gasteiger partial charge on any atom is -0.493 e. The Kier molecular flexibility index (Phi) is 6.77. The van der Waals surface area contributed by atoms with Crippen LogP contribution in [0.3, 0.4) is 0 Å². The smallest absolute Gasteiger partial charge is 0.255 e. The van der Waals surface area contributed by atoms with Crippen LogP contribution < -0.4 is 14.8 Å². The standard InChI is InChI=1S/C21H23IN2O4/c1-27-18-11-16(17(22)12-19(18)28-2)21(26)24-10-6-7-14(13-24)20(25)23-15-8-4-3-5-9-15/h3-5,8-9,11-12,14H,6-7,10,13H2,1-2H3,(H,23,25). The highest BCUT2D eigenvalue weighted by Gasteiger charge is 2.30. The summed E-state index contributed by atoms with van der Waals surface area (Å²) < 4.78 is 11.4. The van der Waals surface area contributed by atoms with Gasteiger partial charge in [-0.3, -0.25) is 9.59 Å². The molecule has 2 aromatic carbocycles. The van der Waals surface area contributed by atoms with Gasteiger partial charge in [0.1, 0.15) is 0 Å². The highest BCUT2D eigenvalue weighted by atomic mass is 127. The van der Waals surface area contributed by atoms with Crippen molar-refractivity contribution >= 4 is 40.1 Å². The number of carbonyl (C=O) groups excluding carboxylic acids is 2. The molecule has 148 valence electrons. The van der Waals surface area contributed by atoms with Crippen LogP contribution in [0, 0.1) is 9.49 Å². The van der Waals surface area contributed by atoms with Crippen molar-refractivity contribution in [2.45, 2.75) is 12.8 Å². The average Bonchev–Trinajstić information content (AvgIpc) is 2.73. The van der Waals surface area contributed by atoms with Gasteiger partial charge in [0.25, 0.3) is 5.91 Å². The number of ether oxygens (including phenoxy) is 2. The first-order valence-corrected chi connectivity index (χ1v) is 10.2. The lowest BCUT2D eigenvalue weighted by atomic mass is 9.96. The van der Waals surface area contributed by atoms with E-state index in [0.29, 0.717) is 30.2 Å². The van der Waals surface area contributed by atoms with Gasteiger partial charge in [-0.1, -0.05) is 18.2 Å². The molecular weight excluding hydrogens is 471 g/mol. The van der Waals surface area contributed by atoms with Gasteiger partial charge in [0.15, 0.2) is 11.5 Å². The Morgan fingerprint density at radius 2 is 1.79 bits per heavy atom. The molecule has 1 N–H and O–H groups in total. The Balaban J connectivity index is 1.73. The summed E-state index contributed by atoms with van der Waals surface area (Å²) in [6.07, 6.45) is 1.56. The van der Waals surface area contributed by atoms with Gasteiger partial charge in [-0.05, 0) is 59.7 Å². The second kappa shape index (κ2) is 9.27. The van der Waals surface area contributed by atoms with Gasteiger partial charge in [0.2, 0.25) is 5.91 Å². The number of carbonyl (C=O) groups is 2. The molecule has 0 spiro atoms. The molecule has 0 bridgehead atoms. The Labute approximate surface area is 178 Å². The van der Waals surface area contributed by atoms with Crippen LogP contribution in [0.25, 0.3) is 0 Å². The minimum atomic E-state index is -0.226. The van der Waals surface area contributed by atoms with Gasteiger partial charge < -0.3 is 19.7 Å². The van der Waals surface area contributed by atoms with Gasteiger partial charge in [0.05, 0.1) is 25.7 Å². The van der Waals surface area contributed by atoms with E-state index in [9.17, 15) is 9.59 Å². The Hall–Kier alpha value is -2.29. The van der Waals surface area contributed by atoms with E-state index >= 15 is 0 Å². The number of benzene rings is 2. The van der Waals surface area contributed by atoms with Crippen molar-refractivity contribution in [2.75, 3.05) is 32.6 Å². The number of amides is 2. The monoisotopic (exact) mass is 494 g/mol. The van der Waals surface area contributed by atoms with Crippen molar-refractivity contribution < 1.29 is 19.1 Å². The van der Waals surface area contributed by atoms with Crippen LogP contribution in [-0.4, -0.2) is 44.0 Å². The molecule has 6 nitrogen and oxygen atoms in total. The molecule has 0 radical (unpaired) electrons. The zero-order valence-corrected chi connectivity index (χ0v) is 18.1. The van der Waals surface area contributed by atoms with E-state index in [0.717, 1.165) is 22.1 Å². The molecule has 2 amide bonds. The normalized spacial score (nSPS) is 16.4. The number of likely N-dealkylation sites (tertiary alicyclic amines) is 1. The highest BCUT2D eigenvalue weighted by Crippen LogP contribution is 2.32. The van der Waals surface area contributed by atoms with Crippen LogP contribution in [-0.2, 0) is 4.79 Å². The van der Waals surface area contributed by atoms with Crippen LogP contribution in [0.15, 0.2) is 42.5 Å². The fourth-order valence-corrected chi connectivity index (χ4v) is 4.00. The van der Waals surface area contributed by atoms with Crippen LogP contribution in [0.2, 0.25) is 0 Å². The Bertz CT molecular complexity index is 857. The zero-order chi connectivity index (χ0) is 20.1. The number of piperidine rings is 1. The molecule has 0 aliphatic carbocycles. The van der Waals surface area contributed by atoms with E-state index in [1.807, 2.05) is 30.3 Å². The molecule has 1 atom stereocenters. The molecule has 1 saturated heterocycles. The molecule has 1 heterocycles. The number of nitrogens with one attached hydrogen (secondary N) is 1. The SMILES string of the molecule is COc1cc(I)c(C(=O)N2CCCC(C(=O)Nc3ccccc3)C2)cc1OC. The number of anilines is 1. The highest BCUT2D eigenvalue weighted by molar-refractivity contribution is 14.1. The quantitative estimate of drug-likeness (QED) is 0.643. The van der Waals surface area contributed by atoms with Gasteiger partial charge in [0, 0.05) is 22.3 Å². The number of rotatable bonds is 5. The molecule has 1 unspecified atom stereocenters. The van der Waals surface area contributed by atoms with E-state index < -0.39 is 0 Å². The van der Waals surface area contributed by atoms with Crippen molar-refractivity contribution in [2.24, 2.45) is 5.92 Å². The minimum absolute atomic E-state index is 0.0503. The summed E-state index contributed by atoms with van der Waals surface area (Å²) in [5, 5.41) is 2.94. The molecule has 7 heteroatoms. The summed E-state index contributed by atoms with van der Waals surface area (Å²) in [5.74, 6) is 0.729. The zero-order valence-electron chi connectivity index (χ0n) is 15.9. The van der Waals surface area contributed by atoms with Crippen LogP contribution in [0.4, 0.5) is 5.69 Å². The maximum absolute atomic E-state index is 13.1. The molecule has 2 aromatic rings. The fourth-order valence-electron chi connectivity index (χ4n) is 3.33. The first-order valence-electron chi connectivity index (χ1n) is 9.10. The Morgan fingerprint density at radius 1 is 1.11 bits per heavy atom. The Morgan fingerprint density at radius 3 is 2.46 bits per heavy atom. The first-order chi connectivity index (χ1) is 13.5. The number of hydrogen-bond acceptors (Lipinski definition) is 4. The lowest BCUT2D eigenvalue weighted by molar-refractivity contribution is -0.121. The second-order valence-corrected chi connectivity index (χ2v) is 7.79. The van der Waals surface area contributed by atoms with E-state index in [1.54, 1.807) is 31.3 Å². The van der Waals surface area contributed by atoms with Crippen molar-refractivity contribution in [1.29, 1.82) is 0 Å². The molecular formula is C21H23IN2O4. The van der Waals surface area contributed by atoms with Crippen molar-refractivity contribution in [1.82, 2.24) is 4.90 Å². The van der Waals surface area contributed by atoms with Gasteiger partial charge in [-0.2, -0.15) is 0 Å². The van der Waals surface area contributed by atoms with E-state index in [4.69, 9.17) is 9.47 Å². The maximum Gasteiger partial charge on any atom is 0.255 e. The number of hydrogen-bond donors (Lipinski definition) is 1. The van der Waals surface area contributed by atoms with Crippen molar-refractivity contribution in [3.8, 4) is 11.5 Å². The van der Waals surface area contributed by atoms with Gasteiger partial charge in [-0.25, -0.2) is 0 Å². The lowest BCUT2D eigenvalue weighted by Gasteiger charge is -2.32. The summed E-state index contributed by atoms with van der Waals surface area (Å²) in [6, 6.07) is 12.9. The predicted molar refractivity (Wildman–Crippen MR) is 116 cm³/mol. The number of methoxy groups -OCH3 is 2. The summed E-state index contributed by atoms with van der Waals surface area (Å²) in [6.45, 7) is 1.04. The molecule has 0 saturated carbocycles. The molecule has 1 aliphatic heterocycles. The molecule has 28 heavy (non-hydrogen) atoms. The summed E-state index contributed by atoms with van der Waals surface area (Å²) in [7, 11) is 3.11. The number of halogens is 1. The summed E-state index contributed by atoms with van der Waals surface area (Å²) in [4.78, 5) is 27.5. The average molecular weight is 494 g/mol. The largest absolute Gasteiger partial charge is 0.493 e. The van der Waals surface area contributed by atoms with Gasteiger partial charge in [-0.15, -0.1) is 0 Å². The van der Waals surface area contributed by atoms with Crippen LogP contribution in [0.5, 0.6) is 11.5 Å². The molecule has 3 rings (SSSR count). The van der Waals surface area contributed by atoms with E-state index in [2.05, 4.69) is 27.9 Å². The van der Waals surface area contributed by atoms with Crippen molar-refractivity contribution in [3.63, 3.8) is 0 Å². The third-order valence-electron chi connectivity index (χ3n) is 4.82. The number of nitrogens with zero attached hydrogens (tertiary/aromatic N) is 1.